The first-order valence-electron chi connectivity index (χ1n) is 6.00. The molecule has 0 saturated carbocycles. The molecule has 0 aliphatic carbocycles. The first-order chi connectivity index (χ1) is 7.77. The average molecular weight is 222 g/mol. The largest absolute Gasteiger partial charge is 0.478 e. The minimum atomic E-state index is -0.912. The van der Waals surface area contributed by atoms with Gasteiger partial charge in [-0.3, -0.25) is 0 Å². The third-order valence-corrected chi connectivity index (χ3v) is 2.18. The van der Waals surface area contributed by atoms with Crippen molar-refractivity contribution in [2.45, 2.75) is 45.4 Å². The van der Waals surface area contributed by atoms with Crippen LogP contribution < -0.4 is 0 Å². The van der Waals surface area contributed by atoms with Crippen LogP contribution in [0, 0.1) is 0 Å². The number of carboxylic acid groups (broad SMARTS) is 1. The van der Waals surface area contributed by atoms with Gasteiger partial charge in [0, 0.05) is 6.08 Å². The van der Waals surface area contributed by atoms with E-state index in [1.165, 1.54) is 38.2 Å². The van der Waals surface area contributed by atoms with Crippen molar-refractivity contribution in [3.05, 3.63) is 36.5 Å². The first kappa shape index (κ1) is 14.7. The van der Waals surface area contributed by atoms with E-state index >= 15 is 0 Å². The SMILES string of the molecule is CCCCCCC/C=C/C=C/C=C/C(=O)O. The predicted octanol–water partition coefficient (Wildman–Crippen LogP) is 4.10. The summed E-state index contributed by atoms with van der Waals surface area (Å²) >= 11 is 0. The van der Waals surface area contributed by atoms with Crippen LogP contribution in [0.5, 0.6) is 0 Å². The van der Waals surface area contributed by atoms with Crippen molar-refractivity contribution in [3.63, 3.8) is 0 Å². The van der Waals surface area contributed by atoms with Crippen LogP contribution in [0.4, 0.5) is 0 Å². The van der Waals surface area contributed by atoms with Crippen molar-refractivity contribution in [1.82, 2.24) is 0 Å². The highest BCUT2D eigenvalue weighted by Gasteiger charge is 1.85. The molecule has 0 saturated heterocycles. The minimum Gasteiger partial charge on any atom is -0.478 e. The van der Waals surface area contributed by atoms with Crippen LogP contribution in [0.2, 0.25) is 0 Å². The quantitative estimate of drug-likeness (QED) is 0.362. The zero-order chi connectivity index (χ0) is 12.1. The van der Waals surface area contributed by atoms with Gasteiger partial charge in [0.2, 0.25) is 0 Å². The third-order valence-electron chi connectivity index (χ3n) is 2.18. The van der Waals surface area contributed by atoms with Gasteiger partial charge in [0.15, 0.2) is 0 Å². The van der Waals surface area contributed by atoms with E-state index < -0.39 is 5.97 Å². The summed E-state index contributed by atoms with van der Waals surface area (Å²) in [5.41, 5.74) is 0. The molecule has 0 rings (SSSR count). The Kier molecular flexibility index (Phi) is 10.8. The Morgan fingerprint density at radius 1 is 1.00 bits per heavy atom. The maximum absolute atomic E-state index is 10.1. The minimum absolute atomic E-state index is 0.912. The molecule has 0 aromatic heterocycles. The van der Waals surface area contributed by atoms with Crippen LogP contribution in [-0.4, -0.2) is 11.1 Å². The van der Waals surface area contributed by atoms with Crippen molar-refractivity contribution in [2.24, 2.45) is 0 Å². The van der Waals surface area contributed by atoms with Crippen LogP contribution in [0.1, 0.15) is 45.4 Å². The summed E-state index contributed by atoms with van der Waals surface area (Å²) < 4.78 is 0. The average Bonchev–Trinajstić information content (AvgIpc) is 2.25. The second-order valence-electron chi connectivity index (χ2n) is 3.71. The molecule has 0 fully saturated rings. The zero-order valence-electron chi connectivity index (χ0n) is 10.1. The van der Waals surface area contributed by atoms with Gasteiger partial charge in [0.1, 0.15) is 0 Å². The number of aliphatic carboxylic acids is 1. The molecular formula is C14H22O2. The van der Waals surface area contributed by atoms with Crippen molar-refractivity contribution in [1.29, 1.82) is 0 Å². The number of carboxylic acids is 1. The molecule has 0 spiro atoms. The monoisotopic (exact) mass is 222 g/mol. The molecule has 90 valence electrons. The lowest BCUT2D eigenvalue weighted by Crippen LogP contribution is -1.84. The Labute approximate surface area is 98.4 Å². The number of unbranched alkanes of at least 4 members (excludes halogenated alkanes) is 5. The smallest absolute Gasteiger partial charge is 0.328 e. The van der Waals surface area contributed by atoms with Crippen LogP contribution in [-0.2, 0) is 4.79 Å². The summed E-state index contributed by atoms with van der Waals surface area (Å²) in [4.78, 5) is 10.1. The molecule has 0 aliphatic heterocycles. The van der Waals surface area contributed by atoms with E-state index in [2.05, 4.69) is 13.0 Å². The van der Waals surface area contributed by atoms with Crippen LogP contribution in [0.15, 0.2) is 36.5 Å². The highest BCUT2D eigenvalue weighted by molar-refractivity contribution is 5.80. The van der Waals surface area contributed by atoms with E-state index in [0.29, 0.717) is 0 Å². The van der Waals surface area contributed by atoms with E-state index in [1.807, 2.05) is 12.2 Å². The Bertz CT molecular complexity index is 249. The Morgan fingerprint density at radius 3 is 2.38 bits per heavy atom. The Balaban J connectivity index is 3.37. The highest BCUT2D eigenvalue weighted by atomic mass is 16.4. The van der Waals surface area contributed by atoms with Gasteiger partial charge in [-0.05, 0) is 12.8 Å². The van der Waals surface area contributed by atoms with Gasteiger partial charge in [-0.25, -0.2) is 4.79 Å². The van der Waals surface area contributed by atoms with Gasteiger partial charge in [0.05, 0.1) is 0 Å². The molecule has 0 aromatic carbocycles. The zero-order valence-corrected chi connectivity index (χ0v) is 10.1. The number of carbonyl (C=O) groups is 1. The lowest BCUT2D eigenvalue weighted by Gasteiger charge is -1.95. The van der Waals surface area contributed by atoms with Gasteiger partial charge in [-0.2, -0.15) is 0 Å². The first-order valence-corrected chi connectivity index (χ1v) is 6.00. The molecule has 0 aliphatic rings. The van der Waals surface area contributed by atoms with Crippen LogP contribution >= 0.6 is 0 Å². The van der Waals surface area contributed by atoms with Crippen molar-refractivity contribution in [3.8, 4) is 0 Å². The highest BCUT2D eigenvalue weighted by Crippen LogP contribution is 2.05. The summed E-state index contributed by atoms with van der Waals surface area (Å²) in [7, 11) is 0. The molecule has 0 atom stereocenters. The maximum Gasteiger partial charge on any atom is 0.328 e. The Hall–Kier alpha value is -1.31. The fourth-order valence-corrected chi connectivity index (χ4v) is 1.31. The van der Waals surface area contributed by atoms with Crippen molar-refractivity contribution in [2.75, 3.05) is 0 Å². The van der Waals surface area contributed by atoms with Gasteiger partial charge in [-0.1, -0.05) is 63.0 Å². The number of hydrogen-bond acceptors (Lipinski definition) is 1. The Morgan fingerprint density at radius 2 is 1.69 bits per heavy atom. The van der Waals surface area contributed by atoms with Gasteiger partial charge in [0.25, 0.3) is 0 Å². The molecular weight excluding hydrogens is 200 g/mol. The van der Waals surface area contributed by atoms with Crippen molar-refractivity contribution >= 4 is 5.97 Å². The van der Waals surface area contributed by atoms with Crippen molar-refractivity contribution < 1.29 is 9.90 Å². The molecule has 2 heteroatoms. The number of hydrogen-bond donors (Lipinski definition) is 1. The second-order valence-corrected chi connectivity index (χ2v) is 3.71. The molecule has 2 nitrogen and oxygen atoms in total. The molecule has 0 radical (unpaired) electrons. The molecule has 0 bridgehead atoms. The third kappa shape index (κ3) is 12.7. The van der Waals surface area contributed by atoms with Gasteiger partial charge in [-0.15, -0.1) is 0 Å². The standard InChI is InChI=1S/C14H22O2/c1-2-3-4-5-6-7-8-9-10-11-12-13-14(15)16/h8-13H,2-7H2,1H3,(H,15,16)/b9-8+,11-10+,13-12+. The molecule has 1 N–H and O–H groups in total. The second kappa shape index (κ2) is 11.8. The van der Waals surface area contributed by atoms with E-state index in [4.69, 9.17) is 5.11 Å². The molecule has 0 amide bonds. The van der Waals surface area contributed by atoms with Gasteiger partial charge < -0.3 is 5.11 Å². The number of allylic oxidation sites excluding steroid dienone is 5. The summed E-state index contributed by atoms with van der Waals surface area (Å²) in [6.07, 6.45) is 17.9. The molecule has 16 heavy (non-hydrogen) atoms. The summed E-state index contributed by atoms with van der Waals surface area (Å²) in [6, 6.07) is 0. The fourth-order valence-electron chi connectivity index (χ4n) is 1.31. The van der Waals surface area contributed by atoms with Crippen LogP contribution in [0.25, 0.3) is 0 Å². The van der Waals surface area contributed by atoms with Gasteiger partial charge >= 0.3 is 5.97 Å². The molecule has 0 aromatic rings. The summed E-state index contributed by atoms with van der Waals surface area (Å²) in [5.74, 6) is -0.912. The van der Waals surface area contributed by atoms with E-state index in [0.717, 1.165) is 12.5 Å². The van der Waals surface area contributed by atoms with E-state index in [1.54, 1.807) is 6.08 Å². The number of rotatable bonds is 9. The summed E-state index contributed by atoms with van der Waals surface area (Å²) in [5, 5.41) is 8.32. The normalized spacial score (nSPS) is 12.1. The molecule has 0 unspecified atom stereocenters. The molecule has 0 heterocycles. The van der Waals surface area contributed by atoms with E-state index in [9.17, 15) is 4.79 Å². The lowest BCUT2D eigenvalue weighted by atomic mass is 10.1. The van der Waals surface area contributed by atoms with E-state index in [-0.39, 0.29) is 0 Å². The lowest BCUT2D eigenvalue weighted by molar-refractivity contribution is -0.131. The fraction of sp³-hybridized carbons (Fsp3) is 0.500. The summed E-state index contributed by atoms with van der Waals surface area (Å²) in [6.45, 7) is 2.22. The maximum atomic E-state index is 10.1. The van der Waals surface area contributed by atoms with Crippen LogP contribution in [0.3, 0.4) is 0 Å². The predicted molar refractivity (Wildman–Crippen MR) is 68.4 cm³/mol. The topological polar surface area (TPSA) is 37.3 Å².